The molecule has 1 atom stereocenters. The van der Waals surface area contributed by atoms with Crippen LogP contribution in [-0.4, -0.2) is 24.3 Å². The number of nitrogens with zero attached hydrogens (tertiary/aromatic N) is 1. The lowest BCUT2D eigenvalue weighted by molar-refractivity contribution is -0.116. The molecule has 2 aromatic rings. The lowest BCUT2D eigenvalue weighted by Gasteiger charge is -2.16. The number of amides is 3. The van der Waals surface area contributed by atoms with Gasteiger partial charge in [0.1, 0.15) is 0 Å². The van der Waals surface area contributed by atoms with E-state index < -0.39 is 0 Å². The molecule has 3 amide bonds. The topological polar surface area (TPSA) is 78.5 Å². The molecule has 0 saturated heterocycles. The zero-order valence-electron chi connectivity index (χ0n) is 16.0. The molecule has 1 aliphatic heterocycles. The molecule has 1 aromatic carbocycles. The van der Waals surface area contributed by atoms with Crippen LogP contribution in [0.3, 0.4) is 0 Å². The van der Waals surface area contributed by atoms with Crippen molar-refractivity contribution in [2.24, 2.45) is 5.92 Å². The van der Waals surface area contributed by atoms with E-state index in [0.717, 1.165) is 36.9 Å². The second-order valence-corrected chi connectivity index (χ2v) is 8.72. The number of hydrogen-bond donors (Lipinski definition) is 2. The van der Waals surface area contributed by atoms with Gasteiger partial charge >= 0.3 is 0 Å². The highest BCUT2D eigenvalue weighted by molar-refractivity contribution is 7.14. The molecule has 0 saturated carbocycles. The van der Waals surface area contributed by atoms with Gasteiger partial charge < -0.3 is 4.90 Å². The Hall–Kier alpha value is -2.67. The number of fused-ring (bicyclic) bond motifs is 2. The van der Waals surface area contributed by atoms with Gasteiger partial charge in [-0.3, -0.25) is 25.2 Å². The van der Waals surface area contributed by atoms with Crippen molar-refractivity contribution in [3.05, 3.63) is 50.7 Å². The van der Waals surface area contributed by atoms with Crippen LogP contribution in [0.15, 0.2) is 24.3 Å². The third-order valence-electron chi connectivity index (χ3n) is 5.46. The molecule has 6 nitrogen and oxygen atoms in total. The average Bonchev–Trinajstić information content (AvgIpc) is 3.28. The number of hydrogen-bond acceptors (Lipinski definition) is 4. The van der Waals surface area contributed by atoms with E-state index in [-0.39, 0.29) is 17.7 Å². The Labute approximate surface area is 167 Å². The van der Waals surface area contributed by atoms with Crippen molar-refractivity contribution in [1.82, 2.24) is 10.9 Å². The fourth-order valence-corrected chi connectivity index (χ4v) is 5.04. The number of anilines is 1. The van der Waals surface area contributed by atoms with E-state index in [9.17, 15) is 14.4 Å². The van der Waals surface area contributed by atoms with Crippen LogP contribution in [0.1, 0.15) is 56.3 Å². The SMILES string of the molecule is CC(=O)N1CCc2cc(C(=O)NNC(=O)c3cc4c(s3)CCC(C)C4)ccc21. The molecule has 7 heteroatoms. The number of hydrazine groups is 1. The monoisotopic (exact) mass is 397 g/mol. The molecule has 1 aromatic heterocycles. The van der Waals surface area contributed by atoms with E-state index in [2.05, 4.69) is 17.8 Å². The van der Waals surface area contributed by atoms with Crippen LogP contribution >= 0.6 is 11.3 Å². The number of aryl methyl sites for hydroxylation is 1. The summed E-state index contributed by atoms with van der Waals surface area (Å²) < 4.78 is 0. The summed E-state index contributed by atoms with van der Waals surface area (Å²) in [5, 5.41) is 0. The van der Waals surface area contributed by atoms with Crippen molar-refractivity contribution in [3.8, 4) is 0 Å². The molecule has 0 radical (unpaired) electrons. The lowest BCUT2D eigenvalue weighted by Crippen LogP contribution is -2.41. The minimum atomic E-state index is -0.368. The Morgan fingerprint density at radius 1 is 1.07 bits per heavy atom. The Morgan fingerprint density at radius 2 is 1.86 bits per heavy atom. The number of carbonyl (C=O) groups is 3. The zero-order chi connectivity index (χ0) is 19.8. The molecule has 28 heavy (non-hydrogen) atoms. The normalized spacial score (nSPS) is 17.6. The van der Waals surface area contributed by atoms with Crippen LogP contribution in [0.2, 0.25) is 0 Å². The number of carbonyl (C=O) groups excluding carboxylic acids is 3. The van der Waals surface area contributed by atoms with Gasteiger partial charge in [0.15, 0.2) is 0 Å². The largest absolute Gasteiger partial charge is 0.312 e. The Kier molecular flexibility index (Phi) is 4.93. The van der Waals surface area contributed by atoms with Gasteiger partial charge in [-0.15, -0.1) is 11.3 Å². The van der Waals surface area contributed by atoms with Crippen molar-refractivity contribution in [2.45, 2.75) is 39.5 Å². The lowest BCUT2D eigenvalue weighted by atomic mass is 9.90. The van der Waals surface area contributed by atoms with Crippen molar-refractivity contribution in [2.75, 3.05) is 11.4 Å². The van der Waals surface area contributed by atoms with Gasteiger partial charge in [-0.25, -0.2) is 0 Å². The van der Waals surface area contributed by atoms with Gasteiger partial charge in [-0.1, -0.05) is 6.92 Å². The van der Waals surface area contributed by atoms with E-state index in [1.165, 1.54) is 28.7 Å². The number of rotatable bonds is 2. The Bertz CT molecular complexity index is 966. The smallest absolute Gasteiger partial charge is 0.279 e. The van der Waals surface area contributed by atoms with Gasteiger partial charge in [0.2, 0.25) is 5.91 Å². The maximum Gasteiger partial charge on any atom is 0.279 e. The summed E-state index contributed by atoms with van der Waals surface area (Å²) in [5.74, 6) is -0.00983. The van der Waals surface area contributed by atoms with Gasteiger partial charge in [0.25, 0.3) is 11.8 Å². The van der Waals surface area contributed by atoms with Gasteiger partial charge in [-0.2, -0.15) is 0 Å². The third-order valence-corrected chi connectivity index (χ3v) is 6.70. The molecule has 4 rings (SSSR count). The molecular formula is C21H23N3O3S. The minimum absolute atomic E-state index is 0.00347. The molecule has 0 fully saturated rings. The van der Waals surface area contributed by atoms with Crippen molar-refractivity contribution >= 4 is 34.7 Å². The first-order chi connectivity index (χ1) is 13.4. The molecule has 2 N–H and O–H groups in total. The first-order valence-corrected chi connectivity index (χ1v) is 10.4. The minimum Gasteiger partial charge on any atom is -0.312 e. The van der Waals surface area contributed by atoms with E-state index >= 15 is 0 Å². The van der Waals surface area contributed by atoms with Crippen LogP contribution < -0.4 is 15.8 Å². The maximum absolute atomic E-state index is 12.4. The summed E-state index contributed by atoms with van der Waals surface area (Å²) in [4.78, 5) is 40.1. The van der Waals surface area contributed by atoms with Gasteiger partial charge in [0.05, 0.1) is 4.88 Å². The summed E-state index contributed by atoms with van der Waals surface area (Å²) in [7, 11) is 0. The summed E-state index contributed by atoms with van der Waals surface area (Å²) in [6, 6.07) is 7.19. The molecule has 2 heterocycles. The van der Waals surface area contributed by atoms with Crippen LogP contribution in [0.5, 0.6) is 0 Å². The Balaban J connectivity index is 1.40. The summed E-state index contributed by atoms with van der Waals surface area (Å²) in [5.41, 5.74) is 8.56. The first-order valence-electron chi connectivity index (χ1n) is 9.55. The maximum atomic E-state index is 12.4. The van der Waals surface area contributed by atoms with E-state index in [1.54, 1.807) is 23.1 Å². The molecule has 146 valence electrons. The van der Waals surface area contributed by atoms with E-state index in [1.807, 2.05) is 6.07 Å². The van der Waals surface area contributed by atoms with Crippen molar-refractivity contribution in [1.29, 1.82) is 0 Å². The summed E-state index contributed by atoms with van der Waals surface area (Å²) in [6.07, 6.45) is 3.91. The quantitative estimate of drug-likeness (QED) is 0.765. The highest BCUT2D eigenvalue weighted by Crippen LogP contribution is 2.32. The standard InChI is InChI=1S/C21H23N3O3S/c1-12-3-6-18-16(9-12)11-19(28-18)21(27)23-22-20(26)15-4-5-17-14(10-15)7-8-24(17)13(2)25/h4-5,10-12H,3,6-9H2,1-2H3,(H,22,26)(H,23,27). The molecular weight excluding hydrogens is 374 g/mol. The van der Waals surface area contributed by atoms with Crippen LogP contribution in [0.25, 0.3) is 0 Å². The van der Waals surface area contributed by atoms with E-state index in [4.69, 9.17) is 0 Å². The molecule has 0 bridgehead atoms. The summed E-state index contributed by atoms with van der Waals surface area (Å²) >= 11 is 1.51. The molecule has 0 spiro atoms. The van der Waals surface area contributed by atoms with Crippen molar-refractivity contribution < 1.29 is 14.4 Å². The predicted octanol–water partition coefficient (Wildman–Crippen LogP) is 2.86. The highest BCUT2D eigenvalue weighted by Gasteiger charge is 2.24. The molecule has 1 unspecified atom stereocenters. The Morgan fingerprint density at radius 3 is 2.64 bits per heavy atom. The van der Waals surface area contributed by atoms with Crippen LogP contribution in [0, 0.1) is 5.92 Å². The van der Waals surface area contributed by atoms with Gasteiger partial charge in [0, 0.05) is 29.6 Å². The molecule has 2 aliphatic rings. The number of nitrogens with one attached hydrogen (secondary N) is 2. The second kappa shape index (κ2) is 7.39. The predicted molar refractivity (Wildman–Crippen MR) is 109 cm³/mol. The number of benzene rings is 1. The average molecular weight is 398 g/mol. The van der Waals surface area contributed by atoms with E-state index in [0.29, 0.717) is 22.9 Å². The molecule has 1 aliphatic carbocycles. The zero-order valence-corrected chi connectivity index (χ0v) is 16.8. The third kappa shape index (κ3) is 3.54. The van der Waals surface area contributed by atoms with Gasteiger partial charge in [-0.05, 0) is 67.0 Å². The van der Waals surface area contributed by atoms with Crippen LogP contribution in [0.4, 0.5) is 5.69 Å². The van der Waals surface area contributed by atoms with Crippen molar-refractivity contribution in [3.63, 3.8) is 0 Å². The number of thiophene rings is 1. The summed E-state index contributed by atoms with van der Waals surface area (Å²) in [6.45, 7) is 4.40. The highest BCUT2D eigenvalue weighted by atomic mass is 32.1. The first kappa shape index (κ1) is 18.7. The second-order valence-electron chi connectivity index (χ2n) is 7.58. The van der Waals surface area contributed by atoms with Crippen LogP contribution in [-0.2, 0) is 24.1 Å². The fraction of sp³-hybridized carbons (Fsp3) is 0.381. The fourth-order valence-electron chi connectivity index (χ4n) is 3.94.